The summed E-state index contributed by atoms with van der Waals surface area (Å²) in [7, 11) is 0. The van der Waals surface area contributed by atoms with Gasteiger partial charge in [0.15, 0.2) is 6.29 Å². The van der Waals surface area contributed by atoms with Gasteiger partial charge in [-0.3, -0.25) is 0 Å². The van der Waals surface area contributed by atoms with E-state index in [1.165, 1.54) is 0 Å². The van der Waals surface area contributed by atoms with E-state index in [9.17, 15) is 9.90 Å². The second-order valence-electron chi connectivity index (χ2n) is 9.67. The fourth-order valence-corrected chi connectivity index (χ4v) is 5.04. The Bertz CT molecular complexity index is 1150. The Morgan fingerprint density at radius 1 is 0.842 bits per heavy atom. The van der Waals surface area contributed by atoms with Crippen LogP contribution in [0.3, 0.4) is 0 Å². The molecule has 0 aliphatic carbocycles. The third-order valence-corrected chi connectivity index (χ3v) is 6.94. The van der Waals surface area contributed by atoms with Crippen LogP contribution >= 0.6 is 0 Å². The number of ether oxygens (including phenoxy) is 5. The Hall–Kier alpha value is -3.27. The van der Waals surface area contributed by atoms with Crippen LogP contribution in [0.5, 0.6) is 0 Å². The van der Waals surface area contributed by atoms with Crippen molar-refractivity contribution >= 4 is 6.09 Å². The summed E-state index contributed by atoms with van der Waals surface area (Å²) in [5, 5.41) is 11.8. The smallest absolute Gasteiger partial charge is 0.404 e. The van der Waals surface area contributed by atoms with Gasteiger partial charge >= 0.3 is 6.09 Å². The van der Waals surface area contributed by atoms with Crippen molar-refractivity contribution < 1.29 is 33.6 Å². The molecule has 5 atom stereocenters. The quantitative estimate of drug-likeness (QED) is 0.367. The van der Waals surface area contributed by atoms with Crippen LogP contribution in [0.25, 0.3) is 0 Å². The van der Waals surface area contributed by atoms with Crippen LogP contribution < -0.4 is 5.32 Å². The molecule has 0 spiro atoms. The highest BCUT2D eigenvalue weighted by atomic mass is 16.8. The molecule has 0 radical (unpaired) electrons. The zero-order valence-electron chi connectivity index (χ0n) is 21.1. The Balaban J connectivity index is 1.40. The zero-order valence-corrected chi connectivity index (χ0v) is 21.1. The van der Waals surface area contributed by atoms with Crippen LogP contribution in [0.1, 0.15) is 16.7 Å². The summed E-state index contributed by atoms with van der Waals surface area (Å²) in [6.45, 7) is 1.69. The van der Waals surface area contributed by atoms with Gasteiger partial charge in [-0.05, 0) is 16.7 Å². The lowest BCUT2D eigenvalue weighted by Gasteiger charge is -2.46. The Morgan fingerprint density at radius 3 is 1.97 bits per heavy atom. The average molecular weight is 520 g/mol. The van der Waals surface area contributed by atoms with Crippen molar-refractivity contribution in [3.63, 3.8) is 0 Å². The van der Waals surface area contributed by atoms with Crippen molar-refractivity contribution in [1.29, 1.82) is 0 Å². The summed E-state index contributed by atoms with van der Waals surface area (Å²) in [5.74, 6) is -0.416. The monoisotopic (exact) mass is 519 g/mol. The van der Waals surface area contributed by atoms with E-state index >= 15 is 0 Å². The fourth-order valence-electron chi connectivity index (χ4n) is 5.04. The van der Waals surface area contributed by atoms with Crippen LogP contribution in [-0.2, 0) is 43.5 Å². The maximum atomic E-state index is 11.4. The van der Waals surface area contributed by atoms with E-state index in [1.807, 2.05) is 91.0 Å². The Labute approximate surface area is 222 Å². The molecule has 2 aliphatic heterocycles. The van der Waals surface area contributed by atoms with Crippen LogP contribution in [0.15, 0.2) is 91.0 Å². The first-order valence-electron chi connectivity index (χ1n) is 12.8. The lowest BCUT2D eigenvalue weighted by atomic mass is 9.84. The molecule has 200 valence electrons. The molecule has 8 heteroatoms. The molecule has 2 fully saturated rings. The molecule has 2 aliphatic rings. The van der Waals surface area contributed by atoms with Crippen LogP contribution in [0.2, 0.25) is 0 Å². The molecule has 0 unspecified atom stereocenters. The van der Waals surface area contributed by atoms with Crippen LogP contribution in [0, 0.1) is 5.92 Å². The fraction of sp³-hybridized carbons (Fsp3) is 0.367. The van der Waals surface area contributed by atoms with Gasteiger partial charge in [0.1, 0.15) is 11.7 Å². The minimum atomic E-state index is -1.12. The van der Waals surface area contributed by atoms with Crippen molar-refractivity contribution in [1.82, 2.24) is 5.32 Å². The molecule has 8 nitrogen and oxygen atoms in total. The highest BCUT2D eigenvalue weighted by Gasteiger charge is 2.61. The van der Waals surface area contributed by atoms with Gasteiger partial charge < -0.3 is 34.1 Å². The number of hydrogen-bond donors (Lipinski definition) is 2. The molecule has 2 saturated heterocycles. The second kappa shape index (κ2) is 12.5. The van der Waals surface area contributed by atoms with Gasteiger partial charge in [-0.2, -0.15) is 0 Å². The number of carbonyl (C=O) groups is 1. The van der Waals surface area contributed by atoms with E-state index < -0.39 is 36.1 Å². The first kappa shape index (κ1) is 26.3. The number of nitrogens with one attached hydrogen (secondary N) is 1. The molecule has 2 heterocycles. The number of amides is 1. The number of rotatable bonds is 12. The molecule has 38 heavy (non-hydrogen) atoms. The van der Waals surface area contributed by atoms with Crippen molar-refractivity contribution in [2.45, 2.75) is 43.9 Å². The van der Waals surface area contributed by atoms with E-state index in [0.717, 1.165) is 16.7 Å². The number of carboxylic acid groups (broad SMARTS) is 1. The average Bonchev–Trinajstić information content (AvgIpc) is 3.33. The SMILES string of the molecule is O=C(O)NC[C@H]1[C@H]2OC[C@](COCc3ccccc3)(O2)[C@H](OCc2ccccc2)[C@@H]1OCc1ccccc1. The van der Waals surface area contributed by atoms with Crippen LogP contribution in [-0.4, -0.2) is 55.1 Å². The molecular weight excluding hydrogens is 486 g/mol. The summed E-state index contributed by atoms with van der Waals surface area (Å²) in [5.41, 5.74) is 2.16. The van der Waals surface area contributed by atoms with Gasteiger partial charge in [0.05, 0.1) is 45.1 Å². The van der Waals surface area contributed by atoms with Crippen molar-refractivity contribution in [2.75, 3.05) is 19.8 Å². The van der Waals surface area contributed by atoms with E-state index in [1.54, 1.807) is 0 Å². The zero-order chi connectivity index (χ0) is 26.2. The highest BCUT2D eigenvalue weighted by Crippen LogP contribution is 2.43. The summed E-state index contributed by atoms with van der Waals surface area (Å²) in [4.78, 5) is 11.4. The third kappa shape index (κ3) is 6.40. The van der Waals surface area contributed by atoms with Gasteiger partial charge in [-0.25, -0.2) is 4.79 Å². The number of benzene rings is 3. The van der Waals surface area contributed by atoms with Crippen molar-refractivity contribution in [3.05, 3.63) is 108 Å². The molecule has 2 N–H and O–H groups in total. The maximum absolute atomic E-state index is 11.4. The Morgan fingerprint density at radius 2 is 1.39 bits per heavy atom. The molecule has 2 bridgehead atoms. The van der Waals surface area contributed by atoms with E-state index in [4.69, 9.17) is 23.7 Å². The van der Waals surface area contributed by atoms with Gasteiger partial charge in [-0.15, -0.1) is 0 Å². The molecule has 5 rings (SSSR count). The summed E-state index contributed by atoms with van der Waals surface area (Å²) < 4.78 is 31.8. The van der Waals surface area contributed by atoms with Gasteiger partial charge in [0.2, 0.25) is 0 Å². The lowest BCUT2D eigenvalue weighted by molar-refractivity contribution is -0.276. The van der Waals surface area contributed by atoms with Gasteiger partial charge in [0, 0.05) is 6.54 Å². The molecule has 3 aromatic rings. The normalized spacial score (nSPS) is 26.2. The summed E-state index contributed by atoms with van der Waals surface area (Å²) >= 11 is 0. The van der Waals surface area contributed by atoms with Crippen LogP contribution in [0.4, 0.5) is 4.79 Å². The van der Waals surface area contributed by atoms with E-state index in [-0.39, 0.29) is 19.8 Å². The molecule has 0 saturated carbocycles. The summed E-state index contributed by atoms with van der Waals surface area (Å²) in [6.07, 6.45) is -2.84. The first-order valence-corrected chi connectivity index (χ1v) is 12.8. The third-order valence-electron chi connectivity index (χ3n) is 6.94. The first-order chi connectivity index (χ1) is 18.6. The largest absolute Gasteiger partial charge is 0.465 e. The Kier molecular flexibility index (Phi) is 8.68. The molecule has 3 aromatic carbocycles. The minimum absolute atomic E-state index is 0.103. The topological polar surface area (TPSA) is 95.5 Å². The van der Waals surface area contributed by atoms with Gasteiger partial charge in [0.25, 0.3) is 0 Å². The maximum Gasteiger partial charge on any atom is 0.404 e. The number of hydrogen-bond acceptors (Lipinski definition) is 6. The predicted molar refractivity (Wildman–Crippen MR) is 139 cm³/mol. The van der Waals surface area contributed by atoms with Gasteiger partial charge in [-0.1, -0.05) is 91.0 Å². The predicted octanol–water partition coefficient (Wildman–Crippen LogP) is 4.38. The minimum Gasteiger partial charge on any atom is -0.465 e. The van der Waals surface area contributed by atoms with E-state index in [0.29, 0.717) is 19.8 Å². The summed E-state index contributed by atoms with van der Waals surface area (Å²) in [6, 6.07) is 29.7. The molecule has 1 amide bonds. The van der Waals surface area contributed by atoms with Crippen molar-refractivity contribution in [3.8, 4) is 0 Å². The number of fused-ring (bicyclic) bond motifs is 2. The van der Waals surface area contributed by atoms with E-state index in [2.05, 4.69) is 5.32 Å². The second-order valence-corrected chi connectivity index (χ2v) is 9.67. The highest BCUT2D eigenvalue weighted by molar-refractivity contribution is 5.64. The standard InChI is InChI=1S/C30H33NO7/c32-29(33)31-16-25-26(35-18-23-12-6-2-7-13-23)27(36-19-24-14-8-3-9-15-24)30(21-37-28(25)38-30)20-34-17-22-10-4-1-5-11-22/h1-15,25-28,31H,16-21H2,(H,32,33)/t25-,26-,27-,28+,30+/m1/s1. The lowest BCUT2D eigenvalue weighted by Crippen LogP contribution is -2.63. The van der Waals surface area contributed by atoms with Crippen molar-refractivity contribution in [2.24, 2.45) is 5.92 Å². The molecule has 0 aromatic heterocycles. The molecular formula is C30H33NO7.